The summed E-state index contributed by atoms with van der Waals surface area (Å²) in [5.74, 6) is 0.272. The first-order valence-electron chi connectivity index (χ1n) is 6.15. The minimum absolute atomic E-state index is 0. The number of hydrogen-bond acceptors (Lipinski definition) is 3. The molecule has 4 heteroatoms. The Morgan fingerprint density at radius 3 is 2.37 bits per heavy atom. The number of hydrogen-bond donors (Lipinski definition) is 1. The summed E-state index contributed by atoms with van der Waals surface area (Å²) in [5, 5.41) is 0. The minimum Gasteiger partial charge on any atom is -0.465 e. The quantitative estimate of drug-likeness (QED) is 0.844. The molecule has 1 unspecified atom stereocenters. The van der Waals surface area contributed by atoms with Crippen LogP contribution in [0.3, 0.4) is 0 Å². The number of ether oxygens (including phenoxy) is 1. The maximum atomic E-state index is 11.3. The number of rotatable bonds is 5. The Kier molecular flexibility index (Phi) is 8.12. The van der Waals surface area contributed by atoms with Gasteiger partial charge >= 0.3 is 5.97 Å². The largest absolute Gasteiger partial charge is 0.465 e. The van der Waals surface area contributed by atoms with Gasteiger partial charge in [0.1, 0.15) is 0 Å². The summed E-state index contributed by atoms with van der Waals surface area (Å²) in [7, 11) is 1.38. The van der Waals surface area contributed by atoms with E-state index in [1.54, 1.807) is 12.1 Å². The average molecular weight is 284 g/mol. The number of benzene rings is 1. The fourth-order valence-corrected chi connectivity index (χ4v) is 1.71. The topological polar surface area (TPSA) is 52.3 Å². The van der Waals surface area contributed by atoms with Crippen LogP contribution in [-0.4, -0.2) is 19.1 Å². The molecule has 0 aliphatic rings. The van der Waals surface area contributed by atoms with Crippen molar-refractivity contribution in [3.63, 3.8) is 0 Å². The molecule has 0 aliphatic carbocycles. The highest BCUT2D eigenvalue weighted by atomic mass is 35.5. The summed E-state index contributed by atoms with van der Waals surface area (Å²) < 4.78 is 4.64. The second-order valence-electron chi connectivity index (χ2n) is 4.77. The molecule has 0 bridgehead atoms. The zero-order valence-electron chi connectivity index (χ0n) is 11.6. The first kappa shape index (κ1) is 17.7. The smallest absolute Gasteiger partial charge is 0.337 e. The van der Waals surface area contributed by atoms with Gasteiger partial charge in [0.25, 0.3) is 0 Å². The van der Waals surface area contributed by atoms with Crippen LogP contribution in [0.1, 0.15) is 36.2 Å². The van der Waals surface area contributed by atoms with Gasteiger partial charge in [-0.25, -0.2) is 4.79 Å². The molecule has 1 aromatic carbocycles. The van der Waals surface area contributed by atoms with E-state index in [2.05, 4.69) is 18.6 Å². The molecule has 1 atom stereocenters. The van der Waals surface area contributed by atoms with Crippen molar-refractivity contribution in [1.29, 1.82) is 0 Å². The molecule has 2 N–H and O–H groups in total. The van der Waals surface area contributed by atoms with Gasteiger partial charge in [0.15, 0.2) is 0 Å². The van der Waals surface area contributed by atoms with Crippen molar-refractivity contribution < 1.29 is 9.53 Å². The minimum atomic E-state index is -0.318. The molecule has 1 aromatic rings. The standard InChI is InChI=1S/C15H21NO2.ClH/c1-11(2)10-14(16)9-6-12-4-7-13(8-5-12)15(17)18-3;/h4-9,11,14H,10,16H2,1-3H3;1H. The molecule has 1 rings (SSSR count). The molecule has 0 amide bonds. The zero-order valence-corrected chi connectivity index (χ0v) is 12.4. The zero-order chi connectivity index (χ0) is 13.5. The molecule has 3 nitrogen and oxygen atoms in total. The van der Waals surface area contributed by atoms with Crippen LogP contribution in [0.5, 0.6) is 0 Å². The Morgan fingerprint density at radius 1 is 1.32 bits per heavy atom. The predicted molar refractivity (Wildman–Crippen MR) is 81.5 cm³/mol. The fourth-order valence-electron chi connectivity index (χ4n) is 1.71. The van der Waals surface area contributed by atoms with Crippen molar-refractivity contribution in [1.82, 2.24) is 0 Å². The van der Waals surface area contributed by atoms with Crippen LogP contribution >= 0.6 is 12.4 Å². The number of esters is 1. The second-order valence-corrected chi connectivity index (χ2v) is 4.77. The summed E-state index contributed by atoms with van der Waals surface area (Å²) in [6.45, 7) is 4.30. The lowest BCUT2D eigenvalue weighted by molar-refractivity contribution is 0.0600. The fraction of sp³-hybridized carbons (Fsp3) is 0.400. The molecule has 0 fully saturated rings. The monoisotopic (exact) mass is 283 g/mol. The van der Waals surface area contributed by atoms with Gasteiger partial charge in [-0.1, -0.05) is 38.1 Å². The Hall–Kier alpha value is -1.32. The number of nitrogens with two attached hydrogens (primary N) is 1. The van der Waals surface area contributed by atoms with Crippen molar-refractivity contribution in [2.45, 2.75) is 26.3 Å². The molecule has 19 heavy (non-hydrogen) atoms. The van der Waals surface area contributed by atoms with Crippen molar-refractivity contribution >= 4 is 24.5 Å². The summed E-state index contributed by atoms with van der Waals surface area (Å²) in [6.07, 6.45) is 4.94. The summed E-state index contributed by atoms with van der Waals surface area (Å²) in [5.41, 5.74) is 7.55. The number of carbonyl (C=O) groups is 1. The Bertz CT molecular complexity index is 413. The van der Waals surface area contributed by atoms with Gasteiger partial charge in [0.05, 0.1) is 12.7 Å². The molecule has 0 aliphatic heterocycles. The van der Waals surface area contributed by atoms with Crippen LogP contribution in [0.15, 0.2) is 30.3 Å². The van der Waals surface area contributed by atoms with Crippen molar-refractivity contribution in [3.05, 3.63) is 41.5 Å². The molecule has 0 heterocycles. The first-order valence-corrected chi connectivity index (χ1v) is 6.15. The number of halogens is 1. The van der Waals surface area contributed by atoms with Crippen molar-refractivity contribution in [2.75, 3.05) is 7.11 Å². The Labute approximate surface area is 121 Å². The molecule has 0 aromatic heterocycles. The maximum Gasteiger partial charge on any atom is 0.337 e. The van der Waals surface area contributed by atoms with E-state index in [4.69, 9.17) is 5.73 Å². The van der Waals surface area contributed by atoms with Gasteiger partial charge in [-0.05, 0) is 30.0 Å². The van der Waals surface area contributed by atoms with Crippen molar-refractivity contribution in [2.24, 2.45) is 11.7 Å². The molecule has 0 saturated heterocycles. The van der Waals surface area contributed by atoms with E-state index in [9.17, 15) is 4.79 Å². The van der Waals surface area contributed by atoms with Gasteiger partial charge in [-0.3, -0.25) is 0 Å². The number of methoxy groups -OCH3 is 1. The van der Waals surface area contributed by atoms with E-state index in [1.807, 2.05) is 24.3 Å². The van der Waals surface area contributed by atoms with Crippen LogP contribution in [0.25, 0.3) is 6.08 Å². The highest BCUT2D eigenvalue weighted by molar-refractivity contribution is 5.89. The summed E-state index contributed by atoms with van der Waals surface area (Å²) in [4.78, 5) is 11.3. The Morgan fingerprint density at radius 2 is 1.89 bits per heavy atom. The van der Waals surface area contributed by atoms with Crippen molar-refractivity contribution in [3.8, 4) is 0 Å². The summed E-state index contributed by atoms with van der Waals surface area (Å²) >= 11 is 0. The second kappa shape index (κ2) is 8.73. The highest BCUT2D eigenvalue weighted by Gasteiger charge is 2.04. The lowest BCUT2D eigenvalue weighted by Gasteiger charge is -2.08. The predicted octanol–water partition coefficient (Wildman–Crippen LogP) is 3.28. The van der Waals surface area contributed by atoms with Crippen LogP contribution in [0.4, 0.5) is 0 Å². The molecule has 0 saturated carbocycles. The number of carbonyl (C=O) groups excluding carboxylic acids is 1. The van der Waals surface area contributed by atoms with E-state index in [-0.39, 0.29) is 24.4 Å². The van der Waals surface area contributed by atoms with Gasteiger partial charge in [-0.2, -0.15) is 0 Å². The highest BCUT2D eigenvalue weighted by Crippen LogP contribution is 2.09. The van der Waals surface area contributed by atoms with E-state index in [1.165, 1.54) is 7.11 Å². The van der Waals surface area contributed by atoms with Crippen LogP contribution in [0, 0.1) is 5.92 Å². The average Bonchev–Trinajstić information content (AvgIpc) is 2.35. The molecular formula is C15H22ClNO2. The van der Waals surface area contributed by atoms with Gasteiger partial charge in [-0.15, -0.1) is 12.4 Å². The lowest BCUT2D eigenvalue weighted by Crippen LogP contribution is -2.18. The molecular weight excluding hydrogens is 262 g/mol. The Balaban J connectivity index is 0.00000324. The third-order valence-electron chi connectivity index (χ3n) is 2.61. The molecule has 0 spiro atoms. The maximum absolute atomic E-state index is 11.3. The normalized spacial score (nSPS) is 12.3. The SMILES string of the molecule is COC(=O)c1ccc(C=CC(N)CC(C)C)cc1.Cl. The first-order chi connectivity index (χ1) is 8.52. The molecule has 0 radical (unpaired) electrons. The van der Waals surface area contributed by atoms with E-state index < -0.39 is 0 Å². The van der Waals surface area contributed by atoms with Gasteiger partial charge in [0.2, 0.25) is 0 Å². The van der Waals surface area contributed by atoms with Crippen LogP contribution < -0.4 is 5.73 Å². The van der Waals surface area contributed by atoms with E-state index in [0.29, 0.717) is 11.5 Å². The third kappa shape index (κ3) is 6.41. The van der Waals surface area contributed by atoms with Crippen LogP contribution in [0.2, 0.25) is 0 Å². The van der Waals surface area contributed by atoms with Crippen LogP contribution in [-0.2, 0) is 4.74 Å². The molecule has 106 valence electrons. The third-order valence-corrected chi connectivity index (χ3v) is 2.61. The van der Waals surface area contributed by atoms with E-state index >= 15 is 0 Å². The van der Waals surface area contributed by atoms with Gasteiger partial charge in [0, 0.05) is 6.04 Å². The summed E-state index contributed by atoms with van der Waals surface area (Å²) in [6, 6.07) is 7.33. The van der Waals surface area contributed by atoms with Gasteiger partial charge < -0.3 is 10.5 Å². The lowest BCUT2D eigenvalue weighted by atomic mass is 10.0. The van der Waals surface area contributed by atoms with E-state index in [0.717, 1.165) is 12.0 Å².